The summed E-state index contributed by atoms with van der Waals surface area (Å²) < 4.78 is 17.2. The van der Waals surface area contributed by atoms with Crippen molar-refractivity contribution in [1.82, 2.24) is 4.57 Å². The number of ether oxygens (including phenoxy) is 2. The molecule has 0 bridgehead atoms. The van der Waals surface area contributed by atoms with Crippen molar-refractivity contribution in [2.45, 2.75) is 26.3 Å². The summed E-state index contributed by atoms with van der Waals surface area (Å²) in [6.07, 6.45) is 1.59. The van der Waals surface area contributed by atoms with Crippen molar-refractivity contribution in [2.75, 3.05) is 13.7 Å². The molecule has 1 heterocycles. The smallest absolute Gasteiger partial charge is 0.419 e. The molecule has 0 N–H and O–H groups in total. The molecule has 3 rings (SSSR count). The summed E-state index contributed by atoms with van der Waals surface area (Å²) in [6.45, 7) is 3.14. The summed E-state index contributed by atoms with van der Waals surface area (Å²) in [5.41, 5.74) is 2.60. The highest BCUT2D eigenvalue weighted by atomic mass is 16.5. The first-order valence-electron chi connectivity index (χ1n) is 8.49. The molecule has 0 unspecified atom stereocenters. The zero-order chi connectivity index (χ0) is 18.5. The number of carbonyl (C=O) groups excluding carboxylic acids is 1. The summed E-state index contributed by atoms with van der Waals surface area (Å²) in [5.74, 6) is -0.0473. The maximum absolute atomic E-state index is 12.1. The van der Waals surface area contributed by atoms with Gasteiger partial charge in [0.25, 0.3) is 0 Å². The number of esters is 1. The fourth-order valence-electron chi connectivity index (χ4n) is 2.72. The lowest BCUT2D eigenvalue weighted by Gasteiger charge is -2.07. The number of aryl methyl sites for hydroxylation is 2. The second-order valence-electron chi connectivity index (χ2n) is 6.06. The Morgan fingerprint density at radius 1 is 1.12 bits per heavy atom. The number of nitrogens with zero attached hydrogens (tertiary/aromatic N) is 1. The average Bonchev–Trinajstić information content (AvgIpc) is 2.96. The van der Waals surface area contributed by atoms with E-state index < -0.39 is 11.7 Å². The second-order valence-corrected chi connectivity index (χ2v) is 6.06. The van der Waals surface area contributed by atoms with Gasteiger partial charge in [-0.3, -0.25) is 4.57 Å². The predicted molar refractivity (Wildman–Crippen MR) is 97.7 cm³/mol. The van der Waals surface area contributed by atoms with Crippen LogP contribution >= 0.6 is 0 Å². The fourth-order valence-corrected chi connectivity index (χ4v) is 2.72. The third-order valence-electron chi connectivity index (χ3n) is 4.16. The summed E-state index contributed by atoms with van der Waals surface area (Å²) in [6, 6.07) is 12.8. The highest BCUT2D eigenvalue weighted by Gasteiger charge is 2.12. The zero-order valence-corrected chi connectivity index (χ0v) is 14.9. The van der Waals surface area contributed by atoms with E-state index in [1.807, 2.05) is 31.2 Å². The highest BCUT2D eigenvalue weighted by Crippen LogP contribution is 2.17. The molecule has 0 aliphatic rings. The highest BCUT2D eigenvalue weighted by molar-refractivity contribution is 5.93. The molecule has 2 aromatic carbocycles. The first kappa shape index (κ1) is 17.8. The van der Waals surface area contributed by atoms with E-state index in [1.54, 1.807) is 16.7 Å². The SMILES string of the molecule is COC(=O)c1ccc2c(c1)oc(=O)n2CCCCOc1ccc(C)cc1. The molecule has 0 fully saturated rings. The van der Waals surface area contributed by atoms with Crippen LogP contribution in [0.2, 0.25) is 0 Å². The number of fused-ring (bicyclic) bond motifs is 1. The van der Waals surface area contributed by atoms with Crippen LogP contribution in [0.5, 0.6) is 5.75 Å². The minimum absolute atomic E-state index is 0.354. The second kappa shape index (κ2) is 7.91. The Hall–Kier alpha value is -3.02. The minimum atomic E-state index is -0.462. The van der Waals surface area contributed by atoms with Gasteiger partial charge in [-0.15, -0.1) is 0 Å². The van der Waals surface area contributed by atoms with Gasteiger partial charge in [0.1, 0.15) is 5.75 Å². The van der Waals surface area contributed by atoms with E-state index in [9.17, 15) is 9.59 Å². The number of hydrogen-bond donors (Lipinski definition) is 0. The van der Waals surface area contributed by atoms with Crippen LogP contribution in [-0.2, 0) is 11.3 Å². The van der Waals surface area contributed by atoms with E-state index in [0.717, 1.165) is 18.6 Å². The summed E-state index contributed by atoms with van der Waals surface area (Å²) in [4.78, 5) is 23.6. The molecule has 136 valence electrons. The van der Waals surface area contributed by atoms with Crippen LogP contribution in [-0.4, -0.2) is 24.3 Å². The normalized spacial score (nSPS) is 10.8. The van der Waals surface area contributed by atoms with Gasteiger partial charge < -0.3 is 13.9 Å². The van der Waals surface area contributed by atoms with Crippen LogP contribution < -0.4 is 10.5 Å². The Bertz CT molecular complexity index is 952. The molecule has 0 saturated heterocycles. The molecule has 0 amide bonds. The van der Waals surface area contributed by atoms with E-state index in [1.165, 1.54) is 18.7 Å². The number of oxazole rings is 1. The van der Waals surface area contributed by atoms with Crippen molar-refractivity contribution in [1.29, 1.82) is 0 Å². The molecule has 0 aliphatic heterocycles. The number of aromatic nitrogens is 1. The van der Waals surface area contributed by atoms with Crippen molar-refractivity contribution in [3.63, 3.8) is 0 Å². The Labute approximate surface area is 150 Å². The topological polar surface area (TPSA) is 70.7 Å². The van der Waals surface area contributed by atoms with E-state index in [4.69, 9.17) is 9.15 Å². The molecule has 26 heavy (non-hydrogen) atoms. The van der Waals surface area contributed by atoms with Crippen molar-refractivity contribution in [2.24, 2.45) is 0 Å². The lowest BCUT2D eigenvalue weighted by atomic mass is 10.2. The van der Waals surface area contributed by atoms with E-state index >= 15 is 0 Å². The number of carbonyl (C=O) groups is 1. The summed E-state index contributed by atoms with van der Waals surface area (Å²) in [7, 11) is 1.31. The van der Waals surface area contributed by atoms with Gasteiger partial charge in [0, 0.05) is 6.54 Å². The third-order valence-corrected chi connectivity index (χ3v) is 4.16. The van der Waals surface area contributed by atoms with Gasteiger partial charge in [0.15, 0.2) is 5.58 Å². The van der Waals surface area contributed by atoms with Crippen LogP contribution in [0.25, 0.3) is 11.1 Å². The van der Waals surface area contributed by atoms with Crippen LogP contribution in [0.15, 0.2) is 51.7 Å². The number of hydrogen-bond acceptors (Lipinski definition) is 5. The Morgan fingerprint density at radius 2 is 1.88 bits per heavy atom. The molecule has 1 aromatic heterocycles. The molecular formula is C20H21NO5. The maximum atomic E-state index is 12.1. The van der Waals surface area contributed by atoms with Gasteiger partial charge in [-0.25, -0.2) is 9.59 Å². The van der Waals surface area contributed by atoms with E-state index in [2.05, 4.69) is 4.74 Å². The molecule has 6 heteroatoms. The lowest BCUT2D eigenvalue weighted by molar-refractivity contribution is 0.0600. The predicted octanol–water partition coefficient (Wildman–Crippen LogP) is 3.55. The van der Waals surface area contributed by atoms with Crippen LogP contribution in [0.1, 0.15) is 28.8 Å². The third kappa shape index (κ3) is 3.96. The number of methoxy groups -OCH3 is 1. The van der Waals surface area contributed by atoms with Crippen molar-refractivity contribution in [3.05, 3.63) is 64.1 Å². The first-order chi connectivity index (χ1) is 12.6. The zero-order valence-electron chi connectivity index (χ0n) is 14.9. The number of rotatable bonds is 7. The van der Waals surface area contributed by atoms with Crippen LogP contribution in [0.3, 0.4) is 0 Å². The first-order valence-corrected chi connectivity index (χ1v) is 8.49. The Balaban J connectivity index is 1.58. The van der Waals surface area contributed by atoms with E-state index in [0.29, 0.717) is 29.8 Å². The van der Waals surface area contributed by atoms with Gasteiger partial charge in [-0.1, -0.05) is 17.7 Å². The van der Waals surface area contributed by atoms with E-state index in [-0.39, 0.29) is 0 Å². The number of benzene rings is 2. The maximum Gasteiger partial charge on any atom is 0.419 e. The largest absolute Gasteiger partial charge is 0.494 e. The van der Waals surface area contributed by atoms with Crippen molar-refractivity contribution < 1.29 is 18.7 Å². The fraction of sp³-hybridized carbons (Fsp3) is 0.300. The molecular weight excluding hydrogens is 334 g/mol. The van der Waals surface area contributed by atoms with Gasteiger partial charge in [0.05, 0.1) is 24.8 Å². The summed E-state index contributed by atoms with van der Waals surface area (Å²) >= 11 is 0. The Kier molecular flexibility index (Phi) is 5.41. The monoisotopic (exact) mass is 355 g/mol. The summed E-state index contributed by atoms with van der Waals surface area (Å²) in [5, 5.41) is 0. The standard InChI is InChI=1S/C20H21NO5/c1-14-5-8-16(9-6-14)25-12-4-3-11-21-17-10-7-15(19(22)24-2)13-18(17)26-20(21)23/h5-10,13H,3-4,11-12H2,1-2H3. The molecule has 6 nitrogen and oxygen atoms in total. The molecule has 0 atom stereocenters. The van der Waals surface area contributed by atoms with Gasteiger partial charge in [0.2, 0.25) is 0 Å². The average molecular weight is 355 g/mol. The van der Waals surface area contributed by atoms with Crippen LogP contribution in [0, 0.1) is 6.92 Å². The number of unbranched alkanes of at least 4 members (excludes halogenated alkanes) is 1. The molecule has 0 spiro atoms. The van der Waals surface area contributed by atoms with Gasteiger partial charge in [-0.05, 0) is 50.1 Å². The molecule has 0 aliphatic carbocycles. The molecule has 3 aromatic rings. The lowest BCUT2D eigenvalue weighted by Crippen LogP contribution is -2.14. The van der Waals surface area contributed by atoms with Crippen LogP contribution in [0.4, 0.5) is 0 Å². The van der Waals surface area contributed by atoms with Gasteiger partial charge >= 0.3 is 11.7 Å². The molecule has 0 radical (unpaired) electrons. The Morgan fingerprint density at radius 3 is 2.62 bits per heavy atom. The van der Waals surface area contributed by atoms with Gasteiger partial charge in [-0.2, -0.15) is 0 Å². The van der Waals surface area contributed by atoms with Crippen molar-refractivity contribution in [3.8, 4) is 5.75 Å². The quantitative estimate of drug-likeness (QED) is 0.479. The minimum Gasteiger partial charge on any atom is -0.494 e. The molecule has 0 saturated carbocycles. The van der Waals surface area contributed by atoms with Crippen molar-refractivity contribution >= 4 is 17.1 Å².